The molecule has 0 spiro atoms. The van der Waals surface area contributed by atoms with Crippen molar-refractivity contribution in [3.8, 4) is 5.75 Å². The molecule has 2 aliphatic rings. The first-order valence-electron chi connectivity index (χ1n) is 8.32. The lowest BCUT2D eigenvalue weighted by molar-refractivity contribution is -0.115. The van der Waals surface area contributed by atoms with Gasteiger partial charge in [0.15, 0.2) is 11.6 Å². The van der Waals surface area contributed by atoms with Gasteiger partial charge in [0.05, 0.1) is 17.8 Å². The molecular weight excluding hydrogens is 343 g/mol. The van der Waals surface area contributed by atoms with E-state index in [0.29, 0.717) is 5.69 Å². The number of methoxy groups -OCH3 is 1. The summed E-state index contributed by atoms with van der Waals surface area (Å²) in [5.74, 6) is -0.523. The average Bonchev–Trinajstić information content (AvgIpc) is 3.22. The Kier molecular flexibility index (Phi) is 4.04. The Morgan fingerprint density at radius 1 is 1.20 bits per heavy atom. The maximum absolute atomic E-state index is 14.0. The SMILES string of the molecule is COc1cc(N2C(=O)C3=C(CCCC3)C2n2cccc2)c(Cl)cc1F. The number of hydrogen-bond donors (Lipinski definition) is 0. The van der Waals surface area contributed by atoms with E-state index in [0.717, 1.165) is 36.8 Å². The van der Waals surface area contributed by atoms with Crippen molar-refractivity contribution >= 4 is 23.2 Å². The third-order valence-corrected chi connectivity index (χ3v) is 5.24. The fraction of sp³-hybridized carbons (Fsp3) is 0.316. The zero-order chi connectivity index (χ0) is 17.6. The van der Waals surface area contributed by atoms with E-state index in [9.17, 15) is 9.18 Å². The van der Waals surface area contributed by atoms with Gasteiger partial charge in [-0.2, -0.15) is 0 Å². The summed E-state index contributed by atoms with van der Waals surface area (Å²) in [6.45, 7) is 0. The van der Waals surface area contributed by atoms with Crippen LogP contribution in [-0.2, 0) is 4.79 Å². The van der Waals surface area contributed by atoms with Gasteiger partial charge in [-0.15, -0.1) is 0 Å². The summed E-state index contributed by atoms with van der Waals surface area (Å²) in [6, 6.07) is 6.56. The van der Waals surface area contributed by atoms with Crippen LogP contribution >= 0.6 is 11.6 Å². The Bertz CT molecular complexity index is 861. The maximum atomic E-state index is 14.0. The molecular formula is C19H18ClFN2O2. The summed E-state index contributed by atoms with van der Waals surface area (Å²) in [5, 5.41) is 0.198. The van der Waals surface area contributed by atoms with Crippen molar-refractivity contribution in [3.05, 3.63) is 58.6 Å². The molecule has 130 valence electrons. The predicted octanol–water partition coefficient (Wildman–Crippen LogP) is 4.71. The Morgan fingerprint density at radius 2 is 1.92 bits per heavy atom. The van der Waals surface area contributed by atoms with Crippen molar-refractivity contribution in [2.24, 2.45) is 0 Å². The molecule has 25 heavy (non-hydrogen) atoms. The smallest absolute Gasteiger partial charge is 0.256 e. The monoisotopic (exact) mass is 360 g/mol. The molecule has 0 N–H and O–H groups in total. The standard InChI is InChI=1S/C19H18ClFN2O2/c1-25-17-11-16(14(20)10-15(17)21)23-18(22-8-4-5-9-22)12-6-2-3-7-13(12)19(23)24/h4-5,8-11,18H,2-3,6-7H2,1H3. The predicted molar refractivity (Wildman–Crippen MR) is 94.4 cm³/mol. The van der Waals surface area contributed by atoms with Gasteiger partial charge in [0.25, 0.3) is 5.91 Å². The topological polar surface area (TPSA) is 34.5 Å². The first kappa shape index (κ1) is 16.2. The van der Waals surface area contributed by atoms with Gasteiger partial charge in [-0.3, -0.25) is 9.69 Å². The Morgan fingerprint density at radius 3 is 2.64 bits per heavy atom. The average molecular weight is 361 g/mol. The second-order valence-corrected chi connectivity index (χ2v) is 6.74. The van der Waals surface area contributed by atoms with Gasteiger partial charge in [-0.25, -0.2) is 4.39 Å². The number of benzene rings is 1. The van der Waals surface area contributed by atoms with E-state index in [1.54, 1.807) is 4.90 Å². The minimum absolute atomic E-state index is 0.0519. The van der Waals surface area contributed by atoms with E-state index in [2.05, 4.69) is 0 Å². The molecule has 1 amide bonds. The molecule has 0 bridgehead atoms. The molecule has 0 fully saturated rings. The molecule has 4 nitrogen and oxygen atoms in total. The molecule has 1 aliphatic carbocycles. The number of ether oxygens (including phenoxy) is 1. The molecule has 0 saturated heterocycles. The normalized spacial score (nSPS) is 20.2. The second-order valence-electron chi connectivity index (χ2n) is 6.33. The maximum Gasteiger partial charge on any atom is 0.256 e. The highest BCUT2D eigenvalue weighted by molar-refractivity contribution is 6.34. The number of hydrogen-bond acceptors (Lipinski definition) is 2. The lowest BCUT2D eigenvalue weighted by Gasteiger charge is -2.29. The van der Waals surface area contributed by atoms with Gasteiger partial charge < -0.3 is 9.30 Å². The van der Waals surface area contributed by atoms with Crippen molar-refractivity contribution in [3.63, 3.8) is 0 Å². The number of nitrogens with zero attached hydrogens (tertiary/aromatic N) is 2. The zero-order valence-electron chi connectivity index (χ0n) is 13.8. The Labute approximate surface area is 150 Å². The van der Waals surface area contributed by atoms with Crippen LogP contribution in [0.5, 0.6) is 5.75 Å². The molecule has 0 saturated carbocycles. The lowest BCUT2D eigenvalue weighted by Crippen LogP contribution is -2.33. The summed E-state index contributed by atoms with van der Waals surface area (Å²) < 4.78 is 21.0. The van der Waals surface area contributed by atoms with Crippen LogP contribution in [0.1, 0.15) is 31.8 Å². The Hall–Kier alpha value is -2.27. The van der Waals surface area contributed by atoms with E-state index in [4.69, 9.17) is 16.3 Å². The number of anilines is 1. The van der Waals surface area contributed by atoms with Crippen molar-refractivity contribution in [2.45, 2.75) is 31.8 Å². The number of halogens is 2. The molecule has 1 aliphatic heterocycles. The lowest BCUT2D eigenvalue weighted by atomic mass is 9.92. The van der Waals surface area contributed by atoms with Gasteiger partial charge in [-0.1, -0.05) is 11.6 Å². The molecule has 1 aromatic heterocycles. The van der Waals surface area contributed by atoms with Crippen LogP contribution < -0.4 is 9.64 Å². The second kappa shape index (κ2) is 6.23. The van der Waals surface area contributed by atoms with Crippen LogP contribution in [0.4, 0.5) is 10.1 Å². The fourth-order valence-electron chi connectivity index (χ4n) is 3.79. The summed E-state index contributed by atoms with van der Waals surface area (Å²) in [6.07, 6.45) is 7.35. The van der Waals surface area contributed by atoms with Crippen LogP contribution in [0.25, 0.3) is 0 Å². The summed E-state index contributed by atoms with van der Waals surface area (Å²) >= 11 is 6.31. The number of aromatic nitrogens is 1. The summed E-state index contributed by atoms with van der Waals surface area (Å²) in [4.78, 5) is 14.8. The molecule has 2 aromatic rings. The van der Waals surface area contributed by atoms with E-state index < -0.39 is 5.82 Å². The highest BCUT2D eigenvalue weighted by Gasteiger charge is 2.42. The minimum Gasteiger partial charge on any atom is -0.494 e. The quantitative estimate of drug-likeness (QED) is 0.794. The van der Waals surface area contributed by atoms with Crippen LogP contribution in [-0.4, -0.2) is 17.6 Å². The number of carbonyl (C=O) groups is 1. The Balaban J connectivity index is 1.87. The molecule has 1 aromatic carbocycles. The van der Waals surface area contributed by atoms with Crippen molar-refractivity contribution in [1.82, 2.24) is 4.57 Å². The summed E-state index contributed by atoms with van der Waals surface area (Å²) in [5.41, 5.74) is 2.47. The molecule has 1 atom stereocenters. The van der Waals surface area contributed by atoms with Gasteiger partial charge in [0, 0.05) is 24.0 Å². The van der Waals surface area contributed by atoms with Crippen molar-refractivity contribution in [2.75, 3.05) is 12.0 Å². The highest BCUT2D eigenvalue weighted by Crippen LogP contribution is 2.46. The van der Waals surface area contributed by atoms with Crippen LogP contribution in [0.15, 0.2) is 47.8 Å². The van der Waals surface area contributed by atoms with Gasteiger partial charge in [0.1, 0.15) is 6.17 Å². The first-order valence-corrected chi connectivity index (χ1v) is 8.70. The van der Waals surface area contributed by atoms with Gasteiger partial charge in [-0.05, 0) is 49.5 Å². The fourth-order valence-corrected chi connectivity index (χ4v) is 4.04. The molecule has 2 heterocycles. The molecule has 1 unspecified atom stereocenters. The van der Waals surface area contributed by atoms with Crippen molar-refractivity contribution < 1.29 is 13.9 Å². The third kappa shape index (κ3) is 2.54. The van der Waals surface area contributed by atoms with Gasteiger partial charge >= 0.3 is 0 Å². The third-order valence-electron chi connectivity index (χ3n) is 4.93. The largest absolute Gasteiger partial charge is 0.494 e. The van der Waals surface area contributed by atoms with Crippen LogP contribution in [0, 0.1) is 5.82 Å². The molecule has 6 heteroatoms. The van der Waals surface area contributed by atoms with E-state index in [-0.39, 0.29) is 22.8 Å². The van der Waals surface area contributed by atoms with E-state index in [1.807, 2.05) is 29.1 Å². The van der Waals surface area contributed by atoms with Crippen LogP contribution in [0.3, 0.4) is 0 Å². The summed E-state index contributed by atoms with van der Waals surface area (Å²) in [7, 11) is 1.40. The highest BCUT2D eigenvalue weighted by atomic mass is 35.5. The van der Waals surface area contributed by atoms with E-state index >= 15 is 0 Å². The van der Waals surface area contributed by atoms with E-state index in [1.165, 1.54) is 19.2 Å². The van der Waals surface area contributed by atoms with Crippen LogP contribution in [0.2, 0.25) is 5.02 Å². The van der Waals surface area contributed by atoms with Crippen molar-refractivity contribution in [1.29, 1.82) is 0 Å². The minimum atomic E-state index is -0.543. The number of carbonyl (C=O) groups excluding carboxylic acids is 1. The first-order chi connectivity index (χ1) is 12.1. The number of rotatable bonds is 3. The van der Waals surface area contributed by atoms with Gasteiger partial charge in [0.2, 0.25) is 0 Å². The number of amides is 1. The molecule has 0 radical (unpaired) electrons. The zero-order valence-corrected chi connectivity index (χ0v) is 14.6. The molecule has 4 rings (SSSR count).